The highest BCUT2D eigenvalue weighted by molar-refractivity contribution is 9.10. The predicted octanol–water partition coefficient (Wildman–Crippen LogP) is 3.87. The second-order valence-electron chi connectivity index (χ2n) is 4.27. The minimum Gasteiger partial charge on any atom is -0.388 e. The zero-order valence-electron chi connectivity index (χ0n) is 10.3. The van der Waals surface area contributed by atoms with Gasteiger partial charge in [0, 0.05) is 16.0 Å². The Labute approximate surface area is 117 Å². The van der Waals surface area contributed by atoms with Crippen LogP contribution in [0.3, 0.4) is 0 Å². The Morgan fingerprint density at radius 2 is 2.12 bits per heavy atom. The molecule has 2 nitrogen and oxygen atoms in total. The maximum atomic E-state index is 10.1. The Kier molecular flexibility index (Phi) is 6.49. The number of benzene rings is 1. The van der Waals surface area contributed by atoms with E-state index >= 15 is 0 Å². The predicted molar refractivity (Wildman–Crippen MR) is 76.5 cm³/mol. The van der Waals surface area contributed by atoms with Crippen LogP contribution in [0.2, 0.25) is 5.02 Å². The largest absolute Gasteiger partial charge is 0.388 e. The van der Waals surface area contributed by atoms with E-state index in [1.54, 1.807) is 0 Å². The summed E-state index contributed by atoms with van der Waals surface area (Å²) in [5.74, 6) is 0. The zero-order chi connectivity index (χ0) is 12.8. The molecule has 1 aromatic carbocycles. The highest BCUT2D eigenvalue weighted by Crippen LogP contribution is 2.28. The van der Waals surface area contributed by atoms with Crippen molar-refractivity contribution >= 4 is 27.5 Å². The van der Waals surface area contributed by atoms with Crippen LogP contribution in [0.25, 0.3) is 0 Å². The fourth-order valence-electron chi connectivity index (χ4n) is 1.76. The van der Waals surface area contributed by atoms with Crippen LogP contribution < -0.4 is 0 Å². The van der Waals surface area contributed by atoms with Gasteiger partial charge in [0.15, 0.2) is 0 Å². The van der Waals surface area contributed by atoms with Gasteiger partial charge in [-0.05, 0) is 44.1 Å². The molecule has 0 saturated carbocycles. The molecule has 1 rings (SSSR count). The quantitative estimate of drug-likeness (QED) is 0.860. The Morgan fingerprint density at radius 3 is 2.71 bits per heavy atom. The number of halogens is 2. The molecule has 0 radical (unpaired) electrons. The second kappa shape index (κ2) is 7.37. The maximum absolute atomic E-state index is 10.1. The lowest BCUT2D eigenvalue weighted by Gasteiger charge is -2.19. The summed E-state index contributed by atoms with van der Waals surface area (Å²) in [5, 5.41) is 10.7. The fourth-order valence-corrected chi connectivity index (χ4v) is 2.56. The van der Waals surface area contributed by atoms with Crippen LogP contribution in [0.5, 0.6) is 0 Å². The highest BCUT2D eigenvalue weighted by atomic mass is 79.9. The van der Waals surface area contributed by atoms with Gasteiger partial charge in [-0.25, -0.2) is 0 Å². The van der Waals surface area contributed by atoms with Crippen molar-refractivity contribution in [3.05, 3.63) is 33.3 Å². The molecule has 17 heavy (non-hydrogen) atoms. The molecule has 1 atom stereocenters. The number of rotatable bonds is 6. The lowest BCUT2D eigenvalue weighted by molar-refractivity contribution is 0.149. The van der Waals surface area contributed by atoms with E-state index in [9.17, 15) is 5.11 Å². The average molecular weight is 321 g/mol. The van der Waals surface area contributed by atoms with Crippen molar-refractivity contribution in [3.8, 4) is 0 Å². The Morgan fingerprint density at radius 1 is 1.41 bits per heavy atom. The average Bonchev–Trinajstić information content (AvgIpc) is 2.26. The van der Waals surface area contributed by atoms with Crippen molar-refractivity contribution in [2.45, 2.75) is 25.9 Å². The number of aliphatic hydroxyl groups excluding tert-OH is 1. The van der Waals surface area contributed by atoms with E-state index in [4.69, 9.17) is 11.6 Å². The first-order chi connectivity index (χ1) is 8.04. The van der Waals surface area contributed by atoms with E-state index in [1.165, 1.54) is 0 Å². The molecule has 1 aromatic rings. The first-order valence-electron chi connectivity index (χ1n) is 5.86. The van der Waals surface area contributed by atoms with Gasteiger partial charge in [0.05, 0.1) is 6.10 Å². The molecule has 0 saturated heterocycles. The van der Waals surface area contributed by atoms with Gasteiger partial charge in [-0.3, -0.25) is 0 Å². The molecule has 1 unspecified atom stereocenters. The van der Waals surface area contributed by atoms with Gasteiger partial charge in [0.25, 0.3) is 0 Å². The SMILES string of the molecule is CCCN(C)CCC(O)c1ccc(Br)cc1Cl. The van der Waals surface area contributed by atoms with E-state index in [-0.39, 0.29) is 0 Å². The smallest absolute Gasteiger partial charge is 0.0816 e. The third-order valence-corrected chi connectivity index (χ3v) is 3.53. The van der Waals surface area contributed by atoms with Crippen LogP contribution in [0.15, 0.2) is 22.7 Å². The van der Waals surface area contributed by atoms with Gasteiger partial charge >= 0.3 is 0 Å². The molecule has 0 heterocycles. The zero-order valence-corrected chi connectivity index (χ0v) is 12.6. The Bertz CT molecular complexity index is 359. The monoisotopic (exact) mass is 319 g/mol. The van der Waals surface area contributed by atoms with Gasteiger partial charge in [-0.15, -0.1) is 0 Å². The number of hydrogen-bond acceptors (Lipinski definition) is 2. The molecule has 0 bridgehead atoms. The summed E-state index contributed by atoms with van der Waals surface area (Å²) in [6.45, 7) is 4.08. The molecule has 1 N–H and O–H groups in total. The van der Waals surface area contributed by atoms with E-state index in [0.717, 1.165) is 29.5 Å². The first-order valence-corrected chi connectivity index (χ1v) is 7.03. The fraction of sp³-hybridized carbons (Fsp3) is 0.538. The maximum Gasteiger partial charge on any atom is 0.0816 e. The Balaban J connectivity index is 2.54. The molecule has 0 amide bonds. The van der Waals surface area contributed by atoms with Gasteiger partial charge in [0.2, 0.25) is 0 Å². The Hall–Kier alpha value is -0.0900. The van der Waals surface area contributed by atoms with Crippen molar-refractivity contribution in [2.24, 2.45) is 0 Å². The molecule has 0 aromatic heterocycles. The summed E-state index contributed by atoms with van der Waals surface area (Å²) >= 11 is 9.45. The summed E-state index contributed by atoms with van der Waals surface area (Å²) in [7, 11) is 2.07. The van der Waals surface area contributed by atoms with Gasteiger partial charge in [-0.1, -0.05) is 40.5 Å². The minimum atomic E-state index is -0.491. The molecule has 0 spiro atoms. The topological polar surface area (TPSA) is 23.5 Å². The molecule has 0 aliphatic heterocycles. The summed E-state index contributed by atoms with van der Waals surface area (Å²) in [5.41, 5.74) is 0.805. The molecular formula is C13H19BrClNO. The van der Waals surface area contributed by atoms with Crippen molar-refractivity contribution in [3.63, 3.8) is 0 Å². The number of nitrogens with zero attached hydrogens (tertiary/aromatic N) is 1. The summed E-state index contributed by atoms with van der Waals surface area (Å²) < 4.78 is 0.932. The normalized spacial score (nSPS) is 13.1. The second-order valence-corrected chi connectivity index (χ2v) is 5.60. The van der Waals surface area contributed by atoms with Gasteiger partial charge in [0.1, 0.15) is 0 Å². The number of hydrogen-bond donors (Lipinski definition) is 1. The molecule has 4 heteroatoms. The van der Waals surface area contributed by atoms with Crippen molar-refractivity contribution in [1.82, 2.24) is 4.90 Å². The summed E-state index contributed by atoms with van der Waals surface area (Å²) in [4.78, 5) is 2.22. The molecule has 0 aliphatic carbocycles. The molecule has 0 fully saturated rings. The van der Waals surface area contributed by atoms with E-state index in [0.29, 0.717) is 11.4 Å². The third-order valence-electron chi connectivity index (χ3n) is 2.71. The lowest BCUT2D eigenvalue weighted by Crippen LogP contribution is -2.22. The summed E-state index contributed by atoms with van der Waals surface area (Å²) in [6.07, 6.45) is 1.35. The summed E-state index contributed by atoms with van der Waals surface area (Å²) in [6, 6.07) is 5.59. The van der Waals surface area contributed by atoms with Crippen molar-refractivity contribution in [1.29, 1.82) is 0 Å². The minimum absolute atomic E-state index is 0.491. The van der Waals surface area contributed by atoms with Crippen LogP contribution in [-0.4, -0.2) is 30.1 Å². The van der Waals surface area contributed by atoms with E-state index in [2.05, 4.69) is 34.8 Å². The van der Waals surface area contributed by atoms with Crippen LogP contribution in [0.1, 0.15) is 31.4 Å². The van der Waals surface area contributed by atoms with Crippen LogP contribution >= 0.6 is 27.5 Å². The molecular weight excluding hydrogens is 302 g/mol. The standard InChI is InChI=1S/C13H19BrClNO/c1-3-7-16(2)8-6-13(17)11-5-4-10(14)9-12(11)15/h4-5,9,13,17H,3,6-8H2,1-2H3. The van der Waals surface area contributed by atoms with E-state index < -0.39 is 6.10 Å². The third kappa shape index (κ3) is 4.96. The van der Waals surface area contributed by atoms with Crippen LogP contribution in [0, 0.1) is 0 Å². The van der Waals surface area contributed by atoms with Gasteiger partial charge < -0.3 is 10.0 Å². The lowest BCUT2D eigenvalue weighted by atomic mass is 10.1. The molecule has 96 valence electrons. The first kappa shape index (κ1) is 15.0. The van der Waals surface area contributed by atoms with Crippen LogP contribution in [-0.2, 0) is 0 Å². The van der Waals surface area contributed by atoms with E-state index in [1.807, 2.05) is 18.2 Å². The van der Waals surface area contributed by atoms with Crippen LogP contribution in [0.4, 0.5) is 0 Å². The number of aliphatic hydroxyl groups is 1. The molecule has 0 aliphatic rings. The van der Waals surface area contributed by atoms with Gasteiger partial charge in [-0.2, -0.15) is 0 Å². The van der Waals surface area contributed by atoms with Crippen molar-refractivity contribution < 1.29 is 5.11 Å². The highest BCUT2D eigenvalue weighted by Gasteiger charge is 2.12. The van der Waals surface area contributed by atoms with Crippen molar-refractivity contribution in [2.75, 3.05) is 20.1 Å².